The van der Waals surface area contributed by atoms with Crippen LogP contribution < -0.4 is 10.2 Å². The number of nitrogens with one attached hydrogen (secondary N) is 1. The number of nitrogens with zero attached hydrogens (tertiary/aromatic N) is 4. The lowest BCUT2D eigenvalue weighted by atomic mass is 9.89. The molecule has 1 N–H and O–H groups in total. The average Bonchev–Trinajstić information content (AvgIpc) is 3.29. The molecule has 3 aromatic rings. The monoisotopic (exact) mass is 393 g/mol. The fourth-order valence-electron chi connectivity index (χ4n) is 4.67. The summed E-state index contributed by atoms with van der Waals surface area (Å²) in [5.74, 6) is 0.793. The van der Waals surface area contributed by atoms with Crippen molar-refractivity contribution in [3.63, 3.8) is 0 Å². The molecule has 5 rings (SSSR count). The Hall–Kier alpha value is -2.96. The summed E-state index contributed by atoms with van der Waals surface area (Å²) in [6.07, 6.45) is 5.98. The largest absolute Gasteiger partial charge is 0.349 e. The first-order chi connectivity index (χ1) is 14.0. The van der Waals surface area contributed by atoms with Crippen molar-refractivity contribution in [2.45, 2.75) is 45.2 Å². The highest BCUT2D eigenvalue weighted by Gasteiger charge is 2.35. The van der Waals surface area contributed by atoms with Gasteiger partial charge in [0.05, 0.1) is 12.2 Å². The maximum Gasteiger partial charge on any atom is 0.256 e. The number of carbonyl (C=O) groups excluding carboxylic acids is 1. The van der Waals surface area contributed by atoms with E-state index in [1.807, 2.05) is 25.3 Å². The highest BCUT2D eigenvalue weighted by molar-refractivity contribution is 5.99. The quantitative estimate of drug-likeness (QED) is 0.635. The van der Waals surface area contributed by atoms with Gasteiger partial charge in [-0.2, -0.15) is 5.10 Å². The first-order valence-electron chi connectivity index (χ1n) is 10.2. The maximum absolute atomic E-state index is 14.2. The van der Waals surface area contributed by atoms with Crippen LogP contribution in [0.25, 0.3) is 5.65 Å². The number of fused-ring (bicyclic) bond motifs is 5. The van der Waals surface area contributed by atoms with E-state index in [0.29, 0.717) is 17.1 Å². The summed E-state index contributed by atoms with van der Waals surface area (Å²) in [5, 5.41) is 7.34. The number of anilines is 1. The second-order valence-electron chi connectivity index (χ2n) is 8.27. The number of aryl methyl sites for hydroxylation is 1. The molecule has 1 aromatic carbocycles. The zero-order chi connectivity index (χ0) is 20.1. The van der Waals surface area contributed by atoms with Crippen molar-refractivity contribution in [3.8, 4) is 0 Å². The fraction of sp³-hybridized carbons (Fsp3) is 0.409. The van der Waals surface area contributed by atoms with E-state index in [4.69, 9.17) is 4.98 Å². The molecule has 150 valence electrons. The second kappa shape index (κ2) is 6.83. The van der Waals surface area contributed by atoms with Gasteiger partial charge in [-0.1, -0.05) is 13.0 Å². The zero-order valence-corrected chi connectivity index (χ0v) is 16.6. The summed E-state index contributed by atoms with van der Waals surface area (Å²) in [5.41, 5.74) is 3.19. The summed E-state index contributed by atoms with van der Waals surface area (Å²) in [6.45, 7) is 5.06. The average molecular weight is 393 g/mol. The predicted octanol–water partition coefficient (Wildman–Crippen LogP) is 3.52. The minimum absolute atomic E-state index is 0.0172. The molecule has 0 spiro atoms. The summed E-state index contributed by atoms with van der Waals surface area (Å²) in [6, 6.07) is 7.08. The van der Waals surface area contributed by atoms with Crippen molar-refractivity contribution >= 4 is 17.4 Å². The van der Waals surface area contributed by atoms with E-state index in [1.54, 1.807) is 16.8 Å². The van der Waals surface area contributed by atoms with E-state index < -0.39 is 0 Å². The Balaban J connectivity index is 1.71. The number of hydrogen-bond acceptors (Lipinski definition) is 4. The summed E-state index contributed by atoms with van der Waals surface area (Å²) in [4.78, 5) is 19.9. The van der Waals surface area contributed by atoms with E-state index in [-0.39, 0.29) is 23.8 Å². The van der Waals surface area contributed by atoms with E-state index >= 15 is 0 Å². The second-order valence-corrected chi connectivity index (χ2v) is 8.27. The topological polar surface area (TPSA) is 62.5 Å². The summed E-state index contributed by atoms with van der Waals surface area (Å²) < 4.78 is 15.9. The molecule has 2 aliphatic rings. The molecule has 0 unspecified atom stereocenters. The van der Waals surface area contributed by atoms with Crippen LogP contribution in [0, 0.1) is 11.7 Å². The Labute approximate surface area is 168 Å². The minimum Gasteiger partial charge on any atom is -0.349 e. The standard InChI is InChI=1S/C22H24FN5O/c1-13-7-9-27-19-8-10-28-21(26-19)18(12-24-28)22(29)25-14(2)3-4-15-5-6-16(23)11-17(15)20(13)27/h5-6,8,10-14,20H,3-4,7,9H2,1-2H3,(H,25,29)/t13-,14+,20-/m0/s1. The van der Waals surface area contributed by atoms with Crippen LogP contribution in [0.15, 0.2) is 36.7 Å². The molecular formula is C22H24FN5O. The molecule has 6 nitrogen and oxygen atoms in total. The van der Waals surface area contributed by atoms with Crippen molar-refractivity contribution in [3.05, 3.63) is 59.2 Å². The van der Waals surface area contributed by atoms with Crippen molar-refractivity contribution in [2.24, 2.45) is 5.92 Å². The Kier molecular flexibility index (Phi) is 4.26. The predicted molar refractivity (Wildman–Crippen MR) is 109 cm³/mol. The molecule has 2 aliphatic heterocycles. The zero-order valence-electron chi connectivity index (χ0n) is 16.6. The number of benzene rings is 1. The number of amides is 1. The lowest BCUT2D eigenvalue weighted by Crippen LogP contribution is -2.33. The Bertz CT molecular complexity index is 1090. The van der Waals surface area contributed by atoms with Crippen LogP contribution >= 0.6 is 0 Å². The molecule has 0 saturated carbocycles. The molecule has 1 amide bonds. The van der Waals surface area contributed by atoms with Gasteiger partial charge in [0.2, 0.25) is 0 Å². The number of carbonyl (C=O) groups is 1. The third kappa shape index (κ3) is 3.05. The molecule has 4 heterocycles. The van der Waals surface area contributed by atoms with E-state index in [0.717, 1.165) is 42.8 Å². The highest BCUT2D eigenvalue weighted by atomic mass is 19.1. The number of hydrogen-bond donors (Lipinski definition) is 1. The van der Waals surface area contributed by atoms with Gasteiger partial charge >= 0.3 is 0 Å². The SMILES string of the molecule is C[C@@H]1CCc2ccc(F)cc2[C@@H]2[C@@H](C)CCN2c2ccn3ncc(c3n2)C(=O)N1. The smallest absolute Gasteiger partial charge is 0.256 e. The van der Waals surface area contributed by atoms with Gasteiger partial charge in [-0.3, -0.25) is 4.79 Å². The third-order valence-corrected chi connectivity index (χ3v) is 6.24. The van der Waals surface area contributed by atoms with Crippen LogP contribution in [0.3, 0.4) is 0 Å². The lowest BCUT2D eigenvalue weighted by Gasteiger charge is -2.30. The van der Waals surface area contributed by atoms with Gasteiger partial charge in [0.1, 0.15) is 17.2 Å². The van der Waals surface area contributed by atoms with E-state index in [9.17, 15) is 9.18 Å². The first kappa shape index (κ1) is 18.1. The van der Waals surface area contributed by atoms with Crippen molar-refractivity contribution in [1.29, 1.82) is 0 Å². The van der Waals surface area contributed by atoms with Gasteiger partial charge in [-0.05, 0) is 61.4 Å². The van der Waals surface area contributed by atoms with Crippen LogP contribution in [0.5, 0.6) is 0 Å². The number of halogens is 1. The Morgan fingerprint density at radius 1 is 1.21 bits per heavy atom. The van der Waals surface area contributed by atoms with Crippen molar-refractivity contribution < 1.29 is 9.18 Å². The molecule has 7 heteroatoms. The molecule has 2 bridgehead atoms. The molecule has 3 atom stereocenters. The van der Waals surface area contributed by atoms with Crippen LogP contribution in [0.2, 0.25) is 0 Å². The van der Waals surface area contributed by atoms with Crippen LogP contribution in [-0.4, -0.2) is 33.1 Å². The van der Waals surface area contributed by atoms with Gasteiger partial charge in [-0.15, -0.1) is 0 Å². The van der Waals surface area contributed by atoms with Crippen LogP contribution in [-0.2, 0) is 6.42 Å². The molecule has 29 heavy (non-hydrogen) atoms. The Morgan fingerprint density at radius 2 is 2.07 bits per heavy atom. The highest BCUT2D eigenvalue weighted by Crippen LogP contribution is 2.41. The summed E-state index contributed by atoms with van der Waals surface area (Å²) >= 11 is 0. The minimum atomic E-state index is -0.213. The molecule has 0 radical (unpaired) electrons. The maximum atomic E-state index is 14.2. The molecule has 1 fully saturated rings. The van der Waals surface area contributed by atoms with Gasteiger partial charge in [0.25, 0.3) is 5.91 Å². The van der Waals surface area contributed by atoms with Gasteiger partial charge in [-0.25, -0.2) is 13.9 Å². The molecule has 0 aliphatic carbocycles. The molecular weight excluding hydrogens is 369 g/mol. The van der Waals surface area contributed by atoms with Crippen molar-refractivity contribution in [2.75, 3.05) is 11.4 Å². The first-order valence-corrected chi connectivity index (χ1v) is 10.2. The van der Waals surface area contributed by atoms with Crippen LogP contribution in [0.4, 0.5) is 10.2 Å². The van der Waals surface area contributed by atoms with Crippen LogP contribution in [0.1, 0.15) is 54.2 Å². The lowest BCUT2D eigenvalue weighted by molar-refractivity contribution is 0.0940. The van der Waals surface area contributed by atoms with Crippen molar-refractivity contribution in [1.82, 2.24) is 19.9 Å². The van der Waals surface area contributed by atoms with E-state index in [2.05, 4.69) is 22.2 Å². The summed E-state index contributed by atoms with van der Waals surface area (Å²) in [7, 11) is 0. The third-order valence-electron chi connectivity index (χ3n) is 6.24. The van der Waals surface area contributed by atoms with E-state index in [1.165, 1.54) is 6.07 Å². The molecule has 2 aromatic heterocycles. The normalized spacial score (nSPS) is 24.4. The Morgan fingerprint density at radius 3 is 2.93 bits per heavy atom. The van der Waals surface area contributed by atoms with Gasteiger partial charge in [0, 0.05) is 18.8 Å². The van der Waals surface area contributed by atoms with Gasteiger partial charge < -0.3 is 10.2 Å². The number of rotatable bonds is 0. The van der Waals surface area contributed by atoms with Gasteiger partial charge in [0.15, 0.2) is 5.65 Å². The fourth-order valence-corrected chi connectivity index (χ4v) is 4.67. The number of aromatic nitrogens is 3. The molecule has 1 saturated heterocycles.